The Morgan fingerprint density at radius 1 is 1.00 bits per heavy atom. The Morgan fingerprint density at radius 2 is 1.67 bits per heavy atom. The number of hydrogen-bond donors (Lipinski definition) is 2. The largest absolute Gasteiger partial charge is 0.573 e. The van der Waals surface area contributed by atoms with Gasteiger partial charge in [-0.1, -0.05) is 29.3 Å². The summed E-state index contributed by atoms with van der Waals surface area (Å²) in [6.07, 6.45) is -18.9. The summed E-state index contributed by atoms with van der Waals surface area (Å²) in [5.74, 6) is -2.28. The lowest BCUT2D eigenvalue weighted by Crippen LogP contribution is -2.39. The van der Waals surface area contributed by atoms with Gasteiger partial charge in [-0.3, -0.25) is 14.3 Å². The fourth-order valence-electron chi connectivity index (χ4n) is 3.99. The van der Waals surface area contributed by atoms with Crippen LogP contribution in [0, 0.1) is 0 Å². The molecule has 0 radical (unpaired) electrons. The number of benzene rings is 2. The molecule has 0 spiro atoms. The minimum Gasteiger partial charge on any atom is -0.476 e. The predicted octanol–water partition coefficient (Wildman–Crippen LogP) is 5.60. The van der Waals surface area contributed by atoms with Crippen LogP contribution in [0.15, 0.2) is 46.0 Å². The summed E-state index contributed by atoms with van der Waals surface area (Å²) < 4.78 is 117. The lowest BCUT2D eigenvalue weighted by atomic mass is 10.1. The molecule has 2 unspecified atom stereocenters. The summed E-state index contributed by atoms with van der Waals surface area (Å²) in [6, 6.07) is 5.87. The molecule has 0 amide bonds. The maximum absolute atomic E-state index is 13.9. The van der Waals surface area contributed by atoms with Crippen LogP contribution >= 0.6 is 23.2 Å². The van der Waals surface area contributed by atoms with E-state index in [-0.39, 0.29) is 27.0 Å². The van der Waals surface area contributed by atoms with E-state index >= 15 is 0 Å². The maximum atomic E-state index is 13.9. The number of halogens is 10. The molecule has 0 aliphatic heterocycles. The SMILES string of the molecule is Cn1c(-c2ccc(OC(c3ccc(Cl)c(Cl)c3)C(F)F)c(OC(F)(F)F)c2)nc2c1c(=O)[nH]c(=O)n2CC(O)C(F)(F)F. The van der Waals surface area contributed by atoms with E-state index in [1.54, 1.807) is 4.98 Å². The predicted molar refractivity (Wildman–Crippen MR) is 136 cm³/mol. The fourth-order valence-corrected chi connectivity index (χ4v) is 4.30. The summed E-state index contributed by atoms with van der Waals surface area (Å²) in [7, 11) is 1.17. The number of fused-ring (bicyclic) bond motifs is 1. The van der Waals surface area contributed by atoms with E-state index in [0.29, 0.717) is 10.6 Å². The topological polar surface area (TPSA) is 111 Å². The number of aliphatic hydroxyl groups excluding tert-OH is 1. The minimum atomic E-state index is -5.35. The molecule has 0 saturated carbocycles. The van der Waals surface area contributed by atoms with Crippen molar-refractivity contribution in [1.29, 1.82) is 0 Å². The number of nitrogens with one attached hydrogen (secondary N) is 1. The smallest absolute Gasteiger partial charge is 0.476 e. The van der Waals surface area contributed by atoms with Gasteiger partial charge in [0.25, 0.3) is 12.0 Å². The van der Waals surface area contributed by atoms with Gasteiger partial charge in [-0.25, -0.2) is 18.6 Å². The van der Waals surface area contributed by atoms with E-state index in [1.807, 2.05) is 0 Å². The van der Waals surface area contributed by atoms with Crippen LogP contribution in [-0.2, 0) is 13.6 Å². The molecule has 0 bridgehead atoms. The number of aromatic amines is 1. The van der Waals surface area contributed by atoms with Gasteiger partial charge < -0.3 is 19.1 Å². The summed E-state index contributed by atoms with van der Waals surface area (Å²) in [6.45, 7) is -1.37. The first-order chi connectivity index (χ1) is 19.9. The summed E-state index contributed by atoms with van der Waals surface area (Å²) in [4.78, 5) is 30.5. The number of nitrogens with zero attached hydrogens (tertiary/aromatic N) is 3. The third-order valence-electron chi connectivity index (χ3n) is 5.93. The molecular weight excluding hydrogens is 647 g/mol. The van der Waals surface area contributed by atoms with Crippen molar-refractivity contribution >= 4 is 34.4 Å². The Kier molecular flexibility index (Phi) is 8.72. The summed E-state index contributed by atoms with van der Waals surface area (Å²) >= 11 is 11.7. The van der Waals surface area contributed by atoms with Crippen LogP contribution in [0.4, 0.5) is 35.1 Å². The Labute approximate surface area is 243 Å². The molecule has 0 fully saturated rings. The highest BCUT2D eigenvalue weighted by Crippen LogP contribution is 2.40. The van der Waals surface area contributed by atoms with E-state index < -0.39 is 71.6 Å². The molecular formula is C24H16Cl2F8N4O5. The first-order valence-corrected chi connectivity index (χ1v) is 12.4. The molecule has 232 valence electrons. The Balaban J connectivity index is 1.84. The van der Waals surface area contributed by atoms with Gasteiger partial charge in [0.15, 0.2) is 34.9 Å². The third kappa shape index (κ3) is 6.88. The fraction of sp³-hybridized carbons (Fsp3) is 0.292. The average Bonchev–Trinajstić information content (AvgIpc) is 3.23. The molecule has 19 heteroatoms. The monoisotopic (exact) mass is 662 g/mol. The molecule has 43 heavy (non-hydrogen) atoms. The van der Waals surface area contributed by atoms with Gasteiger partial charge >= 0.3 is 18.2 Å². The first-order valence-electron chi connectivity index (χ1n) is 11.6. The van der Waals surface area contributed by atoms with Crippen LogP contribution in [-0.4, -0.2) is 49.3 Å². The van der Waals surface area contributed by atoms with Gasteiger partial charge in [-0.2, -0.15) is 13.2 Å². The van der Waals surface area contributed by atoms with Crippen molar-refractivity contribution in [2.75, 3.05) is 0 Å². The number of aromatic nitrogens is 4. The van der Waals surface area contributed by atoms with Gasteiger partial charge in [0.05, 0.1) is 16.6 Å². The highest BCUT2D eigenvalue weighted by Gasteiger charge is 2.39. The van der Waals surface area contributed by atoms with Crippen LogP contribution in [0.5, 0.6) is 11.5 Å². The van der Waals surface area contributed by atoms with Crippen molar-refractivity contribution in [3.8, 4) is 22.9 Å². The Bertz CT molecular complexity index is 1790. The second-order valence-electron chi connectivity index (χ2n) is 8.85. The zero-order chi connectivity index (χ0) is 32.0. The molecule has 2 atom stereocenters. The second kappa shape index (κ2) is 11.7. The van der Waals surface area contributed by atoms with Gasteiger partial charge in [-0.05, 0) is 35.9 Å². The molecule has 4 rings (SSSR count). The lowest BCUT2D eigenvalue weighted by molar-refractivity contribution is -0.275. The number of imidazole rings is 1. The summed E-state index contributed by atoms with van der Waals surface area (Å²) in [5.41, 5.74) is -4.06. The standard InChI is InChI=1S/C24H16Cl2F8N4O5/c1-37-16-20(38(22(41)36-21(16)40)8-15(39)23(29,30)31)35-19(37)10-3-5-13(14(7-10)43-24(32,33)34)42-17(18(27)28)9-2-4-11(25)12(26)6-9/h2-7,15,17-18,39H,8H2,1H3,(H,36,40,41). The van der Waals surface area contributed by atoms with Crippen molar-refractivity contribution in [1.82, 2.24) is 19.1 Å². The molecule has 2 aromatic heterocycles. The van der Waals surface area contributed by atoms with E-state index in [2.05, 4.69) is 9.72 Å². The van der Waals surface area contributed by atoms with E-state index in [1.165, 1.54) is 13.1 Å². The quantitative estimate of drug-likeness (QED) is 0.238. The van der Waals surface area contributed by atoms with Gasteiger partial charge in [0, 0.05) is 12.6 Å². The first kappa shape index (κ1) is 32.1. The lowest BCUT2D eigenvalue weighted by Gasteiger charge is -2.22. The highest BCUT2D eigenvalue weighted by molar-refractivity contribution is 6.42. The van der Waals surface area contributed by atoms with Crippen LogP contribution in [0.3, 0.4) is 0 Å². The van der Waals surface area contributed by atoms with Crippen molar-refractivity contribution in [3.63, 3.8) is 0 Å². The molecule has 0 aliphatic rings. The zero-order valence-electron chi connectivity index (χ0n) is 21.1. The molecule has 0 saturated heterocycles. The molecule has 2 heterocycles. The van der Waals surface area contributed by atoms with Crippen LogP contribution in [0.2, 0.25) is 10.0 Å². The normalized spacial score (nSPS) is 13.9. The van der Waals surface area contributed by atoms with E-state index in [9.17, 15) is 49.8 Å². The molecule has 2 aromatic carbocycles. The number of aryl methyl sites for hydroxylation is 1. The van der Waals surface area contributed by atoms with Crippen LogP contribution in [0.25, 0.3) is 22.6 Å². The minimum absolute atomic E-state index is 0.0171. The number of H-pyrrole nitrogens is 1. The van der Waals surface area contributed by atoms with Crippen molar-refractivity contribution in [2.45, 2.75) is 37.7 Å². The Morgan fingerprint density at radius 3 is 2.26 bits per heavy atom. The van der Waals surface area contributed by atoms with Crippen molar-refractivity contribution in [2.24, 2.45) is 7.05 Å². The van der Waals surface area contributed by atoms with Gasteiger partial charge in [0.1, 0.15) is 5.82 Å². The third-order valence-corrected chi connectivity index (χ3v) is 6.67. The number of rotatable bonds is 8. The number of alkyl halides is 8. The number of aliphatic hydroxyl groups is 1. The molecule has 0 aliphatic carbocycles. The van der Waals surface area contributed by atoms with E-state index in [0.717, 1.165) is 28.8 Å². The summed E-state index contributed by atoms with van der Waals surface area (Å²) in [5, 5.41) is 9.35. The van der Waals surface area contributed by atoms with Crippen molar-refractivity contribution in [3.05, 3.63) is 72.8 Å². The zero-order valence-corrected chi connectivity index (χ0v) is 22.6. The van der Waals surface area contributed by atoms with Crippen molar-refractivity contribution < 1.29 is 49.7 Å². The number of ether oxygens (including phenoxy) is 2. The number of hydrogen-bond acceptors (Lipinski definition) is 6. The molecule has 9 nitrogen and oxygen atoms in total. The second-order valence-corrected chi connectivity index (χ2v) is 9.66. The Hall–Kier alpha value is -3.83. The maximum Gasteiger partial charge on any atom is 0.573 e. The molecule has 2 N–H and O–H groups in total. The molecule has 4 aromatic rings. The van der Waals surface area contributed by atoms with E-state index in [4.69, 9.17) is 27.9 Å². The van der Waals surface area contributed by atoms with Gasteiger partial charge in [-0.15, -0.1) is 13.2 Å². The average molecular weight is 663 g/mol. The highest BCUT2D eigenvalue weighted by atomic mass is 35.5. The van der Waals surface area contributed by atoms with Crippen LogP contribution < -0.4 is 20.7 Å². The van der Waals surface area contributed by atoms with Crippen LogP contribution in [0.1, 0.15) is 11.7 Å². The van der Waals surface area contributed by atoms with Gasteiger partial charge in [0.2, 0.25) is 0 Å².